The van der Waals surface area contributed by atoms with Crippen molar-refractivity contribution in [1.82, 2.24) is 19.8 Å². The molecule has 0 radical (unpaired) electrons. The largest absolute Gasteiger partial charge is 0.348 e. The Morgan fingerprint density at radius 2 is 1.74 bits per heavy atom. The molecule has 0 fully saturated rings. The number of amides is 1. The highest BCUT2D eigenvalue weighted by molar-refractivity contribution is 6.09. The van der Waals surface area contributed by atoms with Gasteiger partial charge in [0.2, 0.25) is 0 Å². The SMILES string of the molecule is CCC(CC)n1cc(C)c2c(C(=O)NCc3c(C)cc(C)[nH]c3=O)cc(-c3cccc(CN(C)C)c3)cc21. The summed E-state index contributed by atoms with van der Waals surface area (Å²) in [6.07, 6.45) is 4.21. The molecule has 0 aliphatic heterocycles. The van der Waals surface area contributed by atoms with Crippen molar-refractivity contribution in [3.8, 4) is 11.1 Å². The van der Waals surface area contributed by atoms with Gasteiger partial charge < -0.3 is 19.8 Å². The number of aromatic nitrogens is 2. The van der Waals surface area contributed by atoms with Gasteiger partial charge in [-0.05, 0) is 99.8 Å². The van der Waals surface area contributed by atoms with E-state index < -0.39 is 0 Å². The number of rotatable bonds is 9. The van der Waals surface area contributed by atoms with Crippen LogP contribution in [0.5, 0.6) is 0 Å². The van der Waals surface area contributed by atoms with E-state index in [1.165, 1.54) is 5.56 Å². The fraction of sp³-hybridized carbons (Fsp3) is 0.375. The Labute approximate surface area is 225 Å². The van der Waals surface area contributed by atoms with Gasteiger partial charge in [0, 0.05) is 53.1 Å². The number of hydrogen-bond donors (Lipinski definition) is 2. The average Bonchev–Trinajstić information content (AvgIpc) is 3.19. The molecule has 2 N–H and O–H groups in total. The minimum absolute atomic E-state index is 0.157. The molecule has 0 atom stereocenters. The summed E-state index contributed by atoms with van der Waals surface area (Å²) in [4.78, 5) is 31.3. The summed E-state index contributed by atoms with van der Waals surface area (Å²) >= 11 is 0. The minimum Gasteiger partial charge on any atom is -0.348 e. The maximum absolute atomic E-state index is 13.7. The zero-order valence-electron chi connectivity index (χ0n) is 23.7. The molecule has 2 aromatic heterocycles. The minimum atomic E-state index is -0.175. The molecule has 6 heteroatoms. The number of hydrogen-bond acceptors (Lipinski definition) is 3. The standard InChI is InChI=1S/C32H40N4O2/c1-8-26(9-2)36-18-21(4)30-27(31(37)33-17-28-20(3)13-22(5)34-32(28)38)15-25(16-29(30)36)24-12-10-11-23(14-24)19-35(6)7/h10-16,18,26H,8-9,17,19H2,1-7H3,(H,33,37)(H,34,38). The molecule has 0 unspecified atom stereocenters. The van der Waals surface area contributed by atoms with Crippen molar-refractivity contribution in [2.45, 2.75) is 66.6 Å². The molecule has 0 saturated carbocycles. The van der Waals surface area contributed by atoms with Crippen LogP contribution in [0, 0.1) is 20.8 Å². The van der Waals surface area contributed by atoms with Crippen molar-refractivity contribution < 1.29 is 4.79 Å². The van der Waals surface area contributed by atoms with E-state index in [0.29, 0.717) is 17.2 Å². The molecule has 6 nitrogen and oxygen atoms in total. The van der Waals surface area contributed by atoms with Crippen molar-refractivity contribution in [2.75, 3.05) is 14.1 Å². The van der Waals surface area contributed by atoms with E-state index in [1.54, 1.807) is 0 Å². The molecular formula is C32H40N4O2. The number of benzene rings is 2. The summed E-state index contributed by atoms with van der Waals surface area (Å²) in [5, 5.41) is 4.01. The monoisotopic (exact) mass is 512 g/mol. The molecule has 1 amide bonds. The van der Waals surface area contributed by atoms with Crippen molar-refractivity contribution in [1.29, 1.82) is 0 Å². The highest BCUT2D eigenvalue weighted by atomic mass is 16.1. The lowest BCUT2D eigenvalue weighted by Crippen LogP contribution is -2.28. The van der Waals surface area contributed by atoms with E-state index >= 15 is 0 Å². The number of aromatic amines is 1. The van der Waals surface area contributed by atoms with Gasteiger partial charge in [-0.3, -0.25) is 9.59 Å². The number of pyridine rings is 1. The number of carbonyl (C=O) groups excluding carboxylic acids is 1. The quantitative estimate of drug-likeness (QED) is 0.277. The van der Waals surface area contributed by atoms with Crippen LogP contribution in [0.1, 0.15) is 71.0 Å². The summed E-state index contributed by atoms with van der Waals surface area (Å²) in [5.41, 5.74) is 8.22. The lowest BCUT2D eigenvalue weighted by atomic mass is 9.96. The van der Waals surface area contributed by atoms with Crippen LogP contribution in [-0.4, -0.2) is 34.5 Å². The van der Waals surface area contributed by atoms with Crippen LogP contribution in [0.4, 0.5) is 0 Å². The van der Waals surface area contributed by atoms with E-state index in [-0.39, 0.29) is 18.0 Å². The average molecular weight is 513 g/mol. The Kier molecular flexibility index (Phi) is 8.22. The van der Waals surface area contributed by atoms with Crippen LogP contribution < -0.4 is 10.9 Å². The zero-order chi connectivity index (χ0) is 27.6. The molecule has 2 heterocycles. The molecule has 0 spiro atoms. The van der Waals surface area contributed by atoms with Crippen molar-refractivity contribution in [3.63, 3.8) is 0 Å². The van der Waals surface area contributed by atoms with Crippen LogP contribution in [0.25, 0.3) is 22.0 Å². The third-order valence-electron chi connectivity index (χ3n) is 7.38. The van der Waals surface area contributed by atoms with Crippen molar-refractivity contribution in [3.05, 3.63) is 92.5 Å². The maximum Gasteiger partial charge on any atom is 0.253 e. The van der Waals surface area contributed by atoms with Crippen LogP contribution >= 0.6 is 0 Å². The van der Waals surface area contributed by atoms with Crippen molar-refractivity contribution >= 4 is 16.8 Å². The second kappa shape index (κ2) is 11.4. The summed E-state index contributed by atoms with van der Waals surface area (Å²) in [6, 6.07) is 15.0. The fourth-order valence-electron chi connectivity index (χ4n) is 5.50. The van der Waals surface area contributed by atoms with Crippen LogP contribution in [0.15, 0.2) is 53.5 Å². The first-order valence-corrected chi connectivity index (χ1v) is 13.5. The van der Waals surface area contributed by atoms with E-state index in [2.05, 4.69) is 91.2 Å². The highest BCUT2D eigenvalue weighted by Gasteiger charge is 2.21. The molecular weight excluding hydrogens is 472 g/mol. The van der Waals surface area contributed by atoms with E-state index in [4.69, 9.17) is 0 Å². The fourth-order valence-corrected chi connectivity index (χ4v) is 5.50. The van der Waals surface area contributed by atoms with Crippen molar-refractivity contribution in [2.24, 2.45) is 0 Å². The topological polar surface area (TPSA) is 70.1 Å². The third-order valence-corrected chi connectivity index (χ3v) is 7.38. The number of aryl methyl sites for hydroxylation is 3. The summed E-state index contributed by atoms with van der Waals surface area (Å²) in [6.45, 7) is 11.3. The Morgan fingerprint density at radius 3 is 2.39 bits per heavy atom. The van der Waals surface area contributed by atoms with Gasteiger partial charge in [0.25, 0.3) is 11.5 Å². The van der Waals surface area contributed by atoms with E-state index in [9.17, 15) is 9.59 Å². The van der Waals surface area contributed by atoms with Gasteiger partial charge in [0.05, 0.1) is 0 Å². The van der Waals surface area contributed by atoms with Crippen LogP contribution in [-0.2, 0) is 13.1 Å². The second-order valence-corrected chi connectivity index (χ2v) is 10.7. The van der Waals surface area contributed by atoms with Gasteiger partial charge in [-0.1, -0.05) is 32.0 Å². The summed E-state index contributed by atoms with van der Waals surface area (Å²) < 4.78 is 2.34. The normalized spacial score (nSPS) is 11.6. The molecule has 0 aliphatic carbocycles. The number of nitrogens with one attached hydrogen (secondary N) is 2. The molecule has 0 saturated heterocycles. The zero-order valence-corrected chi connectivity index (χ0v) is 23.7. The predicted octanol–water partition coefficient (Wildman–Crippen LogP) is 6.27. The number of carbonyl (C=O) groups is 1. The van der Waals surface area contributed by atoms with Gasteiger partial charge in [-0.2, -0.15) is 0 Å². The molecule has 4 rings (SSSR count). The molecule has 200 valence electrons. The predicted molar refractivity (Wildman–Crippen MR) is 157 cm³/mol. The van der Waals surface area contributed by atoms with E-state index in [1.807, 2.05) is 26.0 Å². The number of H-pyrrole nitrogens is 1. The van der Waals surface area contributed by atoms with Gasteiger partial charge in [-0.15, -0.1) is 0 Å². The first kappa shape index (κ1) is 27.4. The van der Waals surface area contributed by atoms with Gasteiger partial charge in [-0.25, -0.2) is 0 Å². The molecule has 0 bridgehead atoms. The lowest BCUT2D eigenvalue weighted by molar-refractivity contribution is 0.0952. The van der Waals surface area contributed by atoms with Gasteiger partial charge >= 0.3 is 0 Å². The highest BCUT2D eigenvalue weighted by Crippen LogP contribution is 2.34. The Bertz CT molecular complexity index is 1520. The maximum atomic E-state index is 13.7. The van der Waals surface area contributed by atoms with Crippen LogP contribution in [0.2, 0.25) is 0 Å². The van der Waals surface area contributed by atoms with Gasteiger partial charge in [0.15, 0.2) is 0 Å². The number of fused-ring (bicyclic) bond motifs is 1. The first-order chi connectivity index (χ1) is 18.1. The lowest BCUT2D eigenvalue weighted by Gasteiger charge is -2.18. The second-order valence-electron chi connectivity index (χ2n) is 10.7. The Morgan fingerprint density at radius 1 is 1.00 bits per heavy atom. The van der Waals surface area contributed by atoms with E-state index in [0.717, 1.165) is 58.2 Å². The molecule has 38 heavy (non-hydrogen) atoms. The first-order valence-electron chi connectivity index (χ1n) is 13.5. The molecule has 0 aliphatic rings. The number of nitrogens with zero attached hydrogens (tertiary/aromatic N) is 2. The summed E-state index contributed by atoms with van der Waals surface area (Å²) in [7, 11) is 4.13. The third kappa shape index (κ3) is 5.60. The summed E-state index contributed by atoms with van der Waals surface area (Å²) in [5.74, 6) is -0.175. The Hall–Kier alpha value is -3.64. The Balaban J connectivity index is 1.83. The van der Waals surface area contributed by atoms with Gasteiger partial charge in [0.1, 0.15) is 0 Å². The molecule has 4 aromatic rings. The molecule has 2 aromatic carbocycles. The van der Waals surface area contributed by atoms with Crippen LogP contribution in [0.3, 0.4) is 0 Å². The smallest absolute Gasteiger partial charge is 0.253 e.